The van der Waals surface area contributed by atoms with Gasteiger partial charge in [0.25, 0.3) is 0 Å². The monoisotopic (exact) mass is 124 g/mol. The molecule has 0 saturated carbocycles. The summed E-state index contributed by atoms with van der Waals surface area (Å²) >= 11 is 0. The first kappa shape index (κ1) is 4.99. The third-order valence-electron chi connectivity index (χ3n) is 1.57. The summed E-state index contributed by atoms with van der Waals surface area (Å²) in [6.45, 7) is 2.00. The average molecular weight is 124 g/mol. The van der Waals surface area contributed by atoms with Gasteiger partial charge in [-0.15, -0.1) is 5.06 Å². The Morgan fingerprint density at radius 1 is 1.67 bits per heavy atom. The van der Waals surface area contributed by atoms with E-state index in [9.17, 15) is 0 Å². The average Bonchev–Trinajstić information content (AvgIpc) is 2.35. The Bertz CT molecular complexity index is 176. The van der Waals surface area contributed by atoms with E-state index in [1.165, 1.54) is 0 Å². The third-order valence-corrected chi connectivity index (χ3v) is 1.57. The Balaban J connectivity index is 2.22. The Morgan fingerprint density at radius 3 is 3.33 bits per heavy atom. The van der Waals surface area contributed by atoms with Crippen molar-refractivity contribution in [3.05, 3.63) is 12.3 Å². The molecule has 0 radical (unpaired) electrons. The maximum atomic E-state index is 5.12. The van der Waals surface area contributed by atoms with Gasteiger partial charge < -0.3 is 4.84 Å². The molecule has 2 aliphatic heterocycles. The zero-order valence-corrected chi connectivity index (χ0v) is 5.19. The molecule has 0 saturated heterocycles. The van der Waals surface area contributed by atoms with E-state index in [0.717, 1.165) is 0 Å². The molecule has 0 aromatic rings. The van der Waals surface area contributed by atoms with E-state index < -0.39 is 0 Å². The van der Waals surface area contributed by atoms with Crippen molar-refractivity contribution in [2.45, 2.75) is 19.1 Å². The predicted molar refractivity (Wildman–Crippen MR) is 33.8 cm³/mol. The van der Waals surface area contributed by atoms with E-state index in [4.69, 9.17) is 4.84 Å². The van der Waals surface area contributed by atoms with Gasteiger partial charge in [-0.1, -0.05) is 0 Å². The van der Waals surface area contributed by atoms with Crippen LogP contribution in [0.4, 0.5) is 0 Å². The molecule has 0 aromatic heterocycles. The number of fused-ring (bicyclic) bond motifs is 1. The van der Waals surface area contributed by atoms with Crippen LogP contribution in [0.5, 0.6) is 0 Å². The van der Waals surface area contributed by atoms with Crippen LogP contribution in [0.2, 0.25) is 0 Å². The molecule has 1 unspecified atom stereocenters. The molecule has 3 heteroatoms. The molecule has 0 fully saturated rings. The number of hydrogen-bond acceptors (Lipinski definition) is 3. The van der Waals surface area contributed by atoms with Gasteiger partial charge in [-0.3, -0.25) is 4.99 Å². The van der Waals surface area contributed by atoms with Crippen LogP contribution in [-0.4, -0.2) is 23.5 Å². The molecule has 0 bridgehead atoms. The van der Waals surface area contributed by atoms with Gasteiger partial charge in [0.2, 0.25) is 0 Å². The second kappa shape index (κ2) is 1.57. The Labute approximate surface area is 53.6 Å². The molecule has 0 aromatic carbocycles. The van der Waals surface area contributed by atoms with Gasteiger partial charge in [0, 0.05) is 6.21 Å². The lowest BCUT2D eigenvalue weighted by atomic mass is 10.3. The zero-order valence-electron chi connectivity index (χ0n) is 5.19. The van der Waals surface area contributed by atoms with Crippen LogP contribution in [0.1, 0.15) is 6.92 Å². The normalized spacial score (nSPS) is 39.2. The molecule has 0 spiro atoms. The van der Waals surface area contributed by atoms with Gasteiger partial charge in [0.1, 0.15) is 18.5 Å². The Kier molecular flexibility index (Phi) is 0.873. The second-order valence-electron chi connectivity index (χ2n) is 2.21. The fourth-order valence-electron chi connectivity index (χ4n) is 1.07. The van der Waals surface area contributed by atoms with Gasteiger partial charge in [-0.25, -0.2) is 0 Å². The molecule has 0 aliphatic carbocycles. The first-order valence-electron chi connectivity index (χ1n) is 3.03. The Morgan fingerprint density at radius 2 is 2.56 bits per heavy atom. The molecule has 0 N–H and O–H groups in total. The molecular formula is C6H8N2O. The summed E-state index contributed by atoms with van der Waals surface area (Å²) < 4.78 is 0. The van der Waals surface area contributed by atoms with Crippen LogP contribution in [0.3, 0.4) is 0 Å². The highest BCUT2D eigenvalue weighted by Gasteiger charge is 2.29. The summed E-state index contributed by atoms with van der Waals surface area (Å²) in [5.41, 5.74) is 0. The largest absolute Gasteiger partial charge is 0.411 e. The highest BCUT2D eigenvalue weighted by atomic mass is 16.7. The second-order valence-corrected chi connectivity index (χ2v) is 2.21. The minimum absolute atomic E-state index is 0.185. The van der Waals surface area contributed by atoms with Crippen molar-refractivity contribution in [2.75, 3.05) is 0 Å². The van der Waals surface area contributed by atoms with Crippen molar-refractivity contribution >= 4 is 6.21 Å². The molecule has 0 amide bonds. The summed E-state index contributed by atoms with van der Waals surface area (Å²) in [4.78, 5) is 9.26. The van der Waals surface area contributed by atoms with Crippen molar-refractivity contribution in [1.29, 1.82) is 0 Å². The van der Waals surface area contributed by atoms with E-state index in [2.05, 4.69) is 4.99 Å². The molecule has 9 heavy (non-hydrogen) atoms. The summed E-state index contributed by atoms with van der Waals surface area (Å²) in [6.07, 6.45) is 5.76. The van der Waals surface area contributed by atoms with Gasteiger partial charge in [-0.05, 0) is 13.0 Å². The van der Waals surface area contributed by atoms with Crippen LogP contribution < -0.4 is 0 Å². The maximum Gasteiger partial charge on any atom is 0.133 e. The SMILES string of the molecule is C[C@@H]1N=CC2C=CON21. The first-order valence-corrected chi connectivity index (χ1v) is 3.03. The van der Waals surface area contributed by atoms with Gasteiger partial charge in [0.05, 0.1) is 0 Å². The van der Waals surface area contributed by atoms with Gasteiger partial charge in [0.15, 0.2) is 0 Å². The van der Waals surface area contributed by atoms with Crippen molar-refractivity contribution in [1.82, 2.24) is 5.06 Å². The zero-order chi connectivity index (χ0) is 6.27. The van der Waals surface area contributed by atoms with E-state index in [1.807, 2.05) is 24.3 Å². The van der Waals surface area contributed by atoms with Crippen molar-refractivity contribution in [3.8, 4) is 0 Å². The number of hydroxylamine groups is 2. The van der Waals surface area contributed by atoms with Crippen molar-refractivity contribution < 1.29 is 4.84 Å². The highest BCUT2D eigenvalue weighted by Crippen LogP contribution is 2.18. The number of hydrogen-bond donors (Lipinski definition) is 0. The van der Waals surface area contributed by atoms with Crippen LogP contribution in [0.15, 0.2) is 17.3 Å². The van der Waals surface area contributed by atoms with Gasteiger partial charge >= 0.3 is 0 Å². The van der Waals surface area contributed by atoms with Crippen LogP contribution in [-0.2, 0) is 4.84 Å². The van der Waals surface area contributed by atoms with Crippen molar-refractivity contribution in [3.63, 3.8) is 0 Å². The van der Waals surface area contributed by atoms with E-state index >= 15 is 0 Å². The lowest BCUT2D eigenvalue weighted by Crippen LogP contribution is -2.29. The molecule has 3 nitrogen and oxygen atoms in total. The highest BCUT2D eigenvalue weighted by molar-refractivity contribution is 5.69. The van der Waals surface area contributed by atoms with Crippen LogP contribution in [0.25, 0.3) is 0 Å². The van der Waals surface area contributed by atoms with Crippen LogP contribution in [0, 0.1) is 0 Å². The molecule has 2 atom stereocenters. The lowest BCUT2D eigenvalue weighted by molar-refractivity contribution is -0.107. The van der Waals surface area contributed by atoms with Crippen molar-refractivity contribution in [2.24, 2.45) is 4.99 Å². The van der Waals surface area contributed by atoms with E-state index in [-0.39, 0.29) is 6.17 Å². The first-order chi connectivity index (χ1) is 4.38. The summed E-state index contributed by atoms with van der Waals surface area (Å²) in [5, 5.41) is 1.85. The fraction of sp³-hybridized carbons (Fsp3) is 0.500. The number of nitrogens with zero attached hydrogens (tertiary/aromatic N) is 2. The summed E-state index contributed by atoms with van der Waals surface area (Å²) in [7, 11) is 0. The fourth-order valence-corrected chi connectivity index (χ4v) is 1.07. The number of aliphatic imine (C=N–C) groups is 1. The quantitative estimate of drug-likeness (QED) is 0.471. The molecule has 2 rings (SSSR count). The minimum Gasteiger partial charge on any atom is -0.411 e. The molecule has 2 aliphatic rings. The maximum absolute atomic E-state index is 5.12. The lowest BCUT2D eigenvalue weighted by Gasteiger charge is -2.16. The molecular weight excluding hydrogens is 116 g/mol. The molecule has 48 valence electrons. The van der Waals surface area contributed by atoms with Gasteiger partial charge in [-0.2, -0.15) is 0 Å². The Hall–Kier alpha value is -0.830. The number of rotatable bonds is 0. The molecule has 2 heterocycles. The van der Waals surface area contributed by atoms with Crippen LogP contribution >= 0.6 is 0 Å². The van der Waals surface area contributed by atoms with E-state index in [0.29, 0.717) is 6.04 Å². The predicted octanol–water partition coefficient (Wildman–Crippen LogP) is 0.546. The third kappa shape index (κ3) is 0.580. The standard InChI is InChI=1S/C6H8N2O/c1-5-7-4-6-2-3-9-8(5)6/h2-6H,1H3/t5-,6?/m1/s1. The van der Waals surface area contributed by atoms with E-state index in [1.54, 1.807) is 6.26 Å². The minimum atomic E-state index is 0.185. The smallest absolute Gasteiger partial charge is 0.133 e. The summed E-state index contributed by atoms with van der Waals surface area (Å²) in [5.74, 6) is 0. The topological polar surface area (TPSA) is 24.8 Å². The summed E-state index contributed by atoms with van der Waals surface area (Å²) in [6, 6.07) is 0.292.